The predicted octanol–water partition coefficient (Wildman–Crippen LogP) is 2.07. The van der Waals surface area contributed by atoms with Gasteiger partial charge in [0.1, 0.15) is 11.6 Å². The number of morpholine rings is 1. The second-order valence-corrected chi connectivity index (χ2v) is 4.45. The van der Waals surface area contributed by atoms with E-state index in [4.69, 9.17) is 9.47 Å². The van der Waals surface area contributed by atoms with Gasteiger partial charge in [-0.2, -0.15) is 5.10 Å². The standard InChI is InChI=1S/C14H14FN3O2/c15-11-6-10(13-9-16-4-5-19-13)7-12(8-11)20-14-2-1-3-17-18-14/h1-3,6-8,13,16H,4-5,9H2/t13-/m1/s1. The van der Waals surface area contributed by atoms with Gasteiger partial charge in [-0.15, -0.1) is 5.10 Å². The molecule has 1 saturated heterocycles. The van der Waals surface area contributed by atoms with Crippen LogP contribution in [0.2, 0.25) is 0 Å². The summed E-state index contributed by atoms with van der Waals surface area (Å²) in [6, 6.07) is 7.90. The van der Waals surface area contributed by atoms with Crippen LogP contribution in [0.25, 0.3) is 0 Å². The van der Waals surface area contributed by atoms with Crippen LogP contribution < -0.4 is 10.1 Å². The Kier molecular flexibility index (Phi) is 3.85. The van der Waals surface area contributed by atoms with Gasteiger partial charge in [-0.25, -0.2) is 4.39 Å². The highest BCUT2D eigenvalue weighted by atomic mass is 19.1. The molecule has 104 valence electrons. The predicted molar refractivity (Wildman–Crippen MR) is 70.1 cm³/mol. The lowest BCUT2D eigenvalue weighted by Crippen LogP contribution is -2.33. The zero-order valence-electron chi connectivity index (χ0n) is 10.8. The molecule has 1 N–H and O–H groups in total. The Balaban J connectivity index is 1.82. The van der Waals surface area contributed by atoms with Crippen LogP contribution in [0, 0.1) is 5.82 Å². The minimum absolute atomic E-state index is 0.163. The summed E-state index contributed by atoms with van der Waals surface area (Å²) in [5, 5.41) is 10.7. The Morgan fingerprint density at radius 3 is 3.05 bits per heavy atom. The van der Waals surface area contributed by atoms with Gasteiger partial charge >= 0.3 is 0 Å². The highest BCUT2D eigenvalue weighted by molar-refractivity contribution is 5.33. The van der Waals surface area contributed by atoms with Crippen LogP contribution in [0.5, 0.6) is 11.6 Å². The Morgan fingerprint density at radius 2 is 2.30 bits per heavy atom. The molecule has 0 bridgehead atoms. The van der Waals surface area contributed by atoms with Crippen molar-refractivity contribution in [3.8, 4) is 11.6 Å². The average molecular weight is 275 g/mol. The average Bonchev–Trinajstić information content (AvgIpc) is 2.49. The van der Waals surface area contributed by atoms with Crippen LogP contribution in [-0.4, -0.2) is 29.9 Å². The summed E-state index contributed by atoms with van der Waals surface area (Å²) in [6.45, 7) is 2.09. The first-order chi connectivity index (χ1) is 9.81. The number of ether oxygens (including phenoxy) is 2. The molecule has 5 nitrogen and oxygen atoms in total. The molecular formula is C14H14FN3O2. The number of aromatic nitrogens is 2. The van der Waals surface area contributed by atoms with E-state index in [1.165, 1.54) is 12.1 Å². The zero-order valence-corrected chi connectivity index (χ0v) is 10.8. The van der Waals surface area contributed by atoms with Crippen LogP contribution in [0.15, 0.2) is 36.5 Å². The number of nitrogens with one attached hydrogen (secondary N) is 1. The summed E-state index contributed by atoms with van der Waals surface area (Å²) < 4.78 is 24.8. The van der Waals surface area contributed by atoms with Gasteiger partial charge in [0.15, 0.2) is 0 Å². The molecule has 20 heavy (non-hydrogen) atoms. The number of halogens is 1. The molecule has 1 aromatic heterocycles. The normalized spacial score (nSPS) is 18.8. The maximum Gasteiger partial charge on any atom is 0.238 e. The van der Waals surface area contributed by atoms with Gasteiger partial charge in [0.05, 0.1) is 12.7 Å². The van der Waals surface area contributed by atoms with E-state index in [-0.39, 0.29) is 11.9 Å². The van der Waals surface area contributed by atoms with Gasteiger partial charge in [-0.05, 0) is 23.8 Å². The van der Waals surface area contributed by atoms with Crippen LogP contribution in [0.3, 0.4) is 0 Å². The minimum Gasteiger partial charge on any atom is -0.437 e. The molecule has 1 atom stereocenters. The summed E-state index contributed by atoms with van der Waals surface area (Å²) in [7, 11) is 0. The Morgan fingerprint density at radius 1 is 1.35 bits per heavy atom. The fourth-order valence-electron chi connectivity index (χ4n) is 2.07. The van der Waals surface area contributed by atoms with Gasteiger partial charge in [0.2, 0.25) is 5.88 Å². The van der Waals surface area contributed by atoms with E-state index in [9.17, 15) is 4.39 Å². The lowest BCUT2D eigenvalue weighted by molar-refractivity contribution is 0.0274. The monoisotopic (exact) mass is 275 g/mol. The fraction of sp³-hybridized carbons (Fsp3) is 0.286. The molecule has 1 aliphatic heterocycles. The quantitative estimate of drug-likeness (QED) is 0.929. The Hall–Kier alpha value is -2.05. The summed E-state index contributed by atoms with van der Waals surface area (Å²) in [6.07, 6.45) is 1.38. The Bertz CT molecular complexity index is 574. The molecule has 1 aromatic carbocycles. The van der Waals surface area contributed by atoms with Crippen molar-refractivity contribution in [1.29, 1.82) is 0 Å². The number of rotatable bonds is 3. The number of nitrogens with zero attached hydrogens (tertiary/aromatic N) is 2. The van der Waals surface area contributed by atoms with Crippen molar-refractivity contribution in [1.82, 2.24) is 15.5 Å². The van der Waals surface area contributed by atoms with Crippen molar-refractivity contribution in [3.63, 3.8) is 0 Å². The van der Waals surface area contributed by atoms with Crippen molar-refractivity contribution < 1.29 is 13.9 Å². The molecule has 0 amide bonds. The van der Waals surface area contributed by atoms with Crippen molar-refractivity contribution in [3.05, 3.63) is 47.9 Å². The lowest BCUT2D eigenvalue weighted by Gasteiger charge is -2.24. The molecular weight excluding hydrogens is 261 g/mol. The molecule has 3 rings (SSSR count). The lowest BCUT2D eigenvalue weighted by atomic mass is 10.1. The minimum atomic E-state index is -0.365. The van der Waals surface area contributed by atoms with Crippen LogP contribution in [0.1, 0.15) is 11.7 Å². The van der Waals surface area contributed by atoms with Crippen molar-refractivity contribution >= 4 is 0 Å². The SMILES string of the molecule is Fc1cc(Oc2cccnn2)cc([C@H]2CNCCO2)c1. The van der Waals surface area contributed by atoms with E-state index in [1.807, 2.05) is 0 Å². The summed E-state index contributed by atoms with van der Waals surface area (Å²) in [5.74, 6) is 0.344. The third kappa shape index (κ3) is 3.09. The summed E-state index contributed by atoms with van der Waals surface area (Å²) >= 11 is 0. The molecule has 0 aliphatic carbocycles. The smallest absolute Gasteiger partial charge is 0.238 e. The molecule has 1 aliphatic rings. The van der Waals surface area contributed by atoms with Gasteiger partial charge in [-0.1, -0.05) is 0 Å². The first-order valence-corrected chi connectivity index (χ1v) is 6.39. The van der Waals surface area contributed by atoms with Gasteiger partial charge in [0, 0.05) is 31.4 Å². The van der Waals surface area contributed by atoms with Gasteiger partial charge in [0.25, 0.3) is 0 Å². The molecule has 0 spiro atoms. The highest BCUT2D eigenvalue weighted by Crippen LogP contribution is 2.27. The third-order valence-corrected chi connectivity index (χ3v) is 2.96. The Labute approximate surface area is 115 Å². The maximum atomic E-state index is 13.7. The number of hydrogen-bond donors (Lipinski definition) is 1. The van der Waals surface area contributed by atoms with E-state index < -0.39 is 0 Å². The summed E-state index contributed by atoms with van der Waals surface area (Å²) in [5.41, 5.74) is 0.746. The molecule has 0 radical (unpaired) electrons. The van der Waals surface area contributed by atoms with E-state index >= 15 is 0 Å². The zero-order chi connectivity index (χ0) is 13.8. The maximum absolute atomic E-state index is 13.7. The van der Waals surface area contributed by atoms with E-state index in [2.05, 4.69) is 15.5 Å². The van der Waals surface area contributed by atoms with E-state index in [1.54, 1.807) is 24.4 Å². The van der Waals surface area contributed by atoms with E-state index in [0.29, 0.717) is 24.8 Å². The molecule has 0 unspecified atom stereocenters. The third-order valence-electron chi connectivity index (χ3n) is 2.96. The highest BCUT2D eigenvalue weighted by Gasteiger charge is 2.17. The van der Waals surface area contributed by atoms with Crippen molar-refractivity contribution in [2.75, 3.05) is 19.7 Å². The second-order valence-electron chi connectivity index (χ2n) is 4.45. The summed E-state index contributed by atoms with van der Waals surface area (Å²) in [4.78, 5) is 0. The topological polar surface area (TPSA) is 56.3 Å². The molecule has 6 heteroatoms. The van der Waals surface area contributed by atoms with Crippen LogP contribution in [-0.2, 0) is 4.74 Å². The molecule has 2 aromatic rings. The number of hydrogen-bond acceptors (Lipinski definition) is 5. The van der Waals surface area contributed by atoms with Crippen molar-refractivity contribution in [2.24, 2.45) is 0 Å². The molecule has 0 saturated carbocycles. The molecule has 1 fully saturated rings. The fourth-order valence-corrected chi connectivity index (χ4v) is 2.07. The largest absolute Gasteiger partial charge is 0.437 e. The first-order valence-electron chi connectivity index (χ1n) is 6.39. The van der Waals surface area contributed by atoms with Crippen LogP contribution >= 0.6 is 0 Å². The van der Waals surface area contributed by atoms with Crippen LogP contribution in [0.4, 0.5) is 4.39 Å². The van der Waals surface area contributed by atoms with Gasteiger partial charge in [-0.3, -0.25) is 0 Å². The van der Waals surface area contributed by atoms with E-state index in [0.717, 1.165) is 12.1 Å². The number of benzene rings is 1. The molecule has 2 heterocycles. The van der Waals surface area contributed by atoms with Crippen molar-refractivity contribution in [2.45, 2.75) is 6.10 Å². The first kappa shape index (κ1) is 13.0. The second kappa shape index (κ2) is 5.94. The van der Waals surface area contributed by atoms with Gasteiger partial charge < -0.3 is 14.8 Å².